The van der Waals surface area contributed by atoms with E-state index in [0.29, 0.717) is 5.92 Å². The molecule has 3 heterocycles. The minimum atomic E-state index is 0.385. The fourth-order valence-electron chi connectivity index (χ4n) is 4.16. The van der Waals surface area contributed by atoms with Crippen LogP contribution in [0.3, 0.4) is 0 Å². The van der Waals surface area contributed by atoms with E-state index in [1.807, 2.05) is 24.5 Å². The summed E-state index contributed by atoms with van der Waals surface area (Å²) in [4.78, 5) is 17.2. The Hall–Kier alpha value is -3.44. The van der Waals surface area contributed by atoms with Crippen LogP contribution in [0.25, 0.3) is 53.6 Å². The molecule has 0 bridgehead atoms. The van der Waals surface area contributed by atoms with Gasteiger partial charge < -0.3 is 9.97 Å². The van der Waals surface area contributed by atoms with Crippen molar-refractivity contribution in [1.29, 1.82) is 0 Å². The van der Waals surface area contributed by atoms with Gasteiger partial charge in [-0.2, -0.15) is 0 Å². The van der Waals surface area contributed by atoms with Crippen LogP contribution in [0, 0.1) is 6.92 Å². The zero-order chi connectivity index (χ0) is 21.1. The van der Waals surface area contributed by atoms with Crippen LogP contribution in [-0.4, -0.2) is 19.9 Å². The van der Waals surface area contributed by atoms with Gasteiger partial charge in [-0.3, -0.25) is 0 Å². The average Bonchev–Trinajstić information content (AvgIpc) is 3.50. The first kappa shape index (κ1) is 18.3. The lowest BCUT2D eigenvalue weighted by molar-refractivity contribution is 0.799. The van der Waals surface area contributed by atoms with Gasteiger partial charge in [0.1, 0.15) is 11.6 Å². The molecule has 5 heteroatoms. The van der Waals surface area contributed by atoms with Gasteiger partial charge in [0.15, 0.2) is 0 Å². The molecule has 0 spiro atoms. The lowest BCUT2D eigenvalue weighted by atomic mass is 10.0. The Balaban J connectivity index is 1.44. The van der Waals surface area contributed by atoms with E-state index in [2.05, 4.69) is 83.4 Å². The number of nitrogens with one attached hydrogen (secondary N) is 2. The first-order valence-corrected chi connectivity index (χ1v) is 11.3. The minimum absolute atomic E-state index is 0.385. The van der Waals surface area contributed by atoms with Crippen molar-refractivity contribution in [1.82, 2.24) is 19.9 Å². The maximum absolute atomic E-state index is 4.86. The summed E-state index contributed by atoms with van der Waals surface area (Å²) in [6, 6.07) is 19.9. The third-order valence-corrected chi connectivity index (χ3v) is 7.00. The highest BCUT2D eigenvalue weighted by molar-refractivity contribution is 7.22. The number of thiophene rings is 1. The molecule has 0 amide bonds. The minimum Gasteiger partial charge on any atom is -0.342 e. The van der Waals surface area contributed by atoms with Crippen molar-refractivity contribution < 1.29 is 0 Å². The van der Waals surface area contributed by atoms with Crippen LogP contribution in [0.4, 0.5) is 0 Å². The van der Waals surface area contributed by atoms with Crippen LogP contribution in [0.2, 0.25) is 0 Å². The quantitative estimate of drug-likeness (QED) is 0.312. The third kappa shape index (κ3) is 3.04. The van der Waals surface area contributed by atoms with Crippen molar-refractivity contribution in [3.8, 4) is 21.7 Å². The molecule has 6 rings (SSSR count). The van der Waals surface area contributed by atoms with Gasteiger partial charge in [0, 0.05) is 26.4 Å². The number of fused-ring (bicyclic) bond motifs is 4. The van der Waals surface area contributed by atoms with E-state index in [1.165, 1.54) is 36.9 Å². The zero-order valence-electron chi connectivity index (χ0n) is 17.7. The van der Waals surface area contributed by atoms with Crippen molar-refractivity contribution in [3.63, 3.8) is 0 Å². The second kappa shape index (κ2) is 6.79. The molecule has 0 fully saturated rings. The van der Waals surface area contributed by atoms with Crippen molar-refractivity contribution in [2.24, 2.45) is 0 Å². The fraction of sp³-hybridized carbons (Fsp3) is 0.154. The van der Waals surface area contributed by atoms with E-state index in [4.69, 9.17) is 4.98 Å². The largest absolute Gasteiger partial charge is 0.342 e. The molecular formula is C26H22N4S. The summed E-state index contributed by atoms with van der Waals surface area (Å²) in [5.74, 6) is 2.36. The number of rotatable bonds is 3. The summed E-state index contributed by atoms with van der Waals surface area (Å²) in [6.45, 7) is 6.31. The van der Waals surface area contributed by atoms with Crippen molar-refractivity contribution in [2.75, 3.05) is 0 Å². The highest BCUT2D eigenvalue weighted by Gasteiger charge is 2.12. The van der Waals surface area contributed by atoms with Crippen LogP contribution >= 0.6 is 11.3 Å². The molecule has 0 aliphatic carbocycles. The molecule has 3 aromatic heterocycles. The first-order chi connectivity index (χ1) is 15.0. The molecule has 4 nitrogen and oxygen atoms in total. The molecule has 0 atom stereocenters. The predicted octanol–water partition coefficient (Wildman–Crippen LogP) is 7.42. The number of nitrogens with zero attached hydrogens (tertiary/aromatic N) is 2. The number of H-pyrrole nitrogens is 2. The normalized spacial score (nSPS) is 12.0. The number of hydrogen-bond acceptors (Lipinski definition) is 3. The van der Waals surface area contributed by atoms with E-state index >= 15 is 0 Å². The molecule has 0 unspecified atom stereocenters. The van der Waals surface area contributed by atoms with Gasteiger partial charge in [0.25, 0.3) is 0 Å². The van der Waals surface area contributed by atoms with E-state index in [0.717, 1.165) is 28.4 Å². The second-order valence-corrected chi connectivity index (χ2v) is 9.50. The lowest BCUT2D eigenvalue weighted by Crippen LogP contribution is -1.88. The van der Waals surface area contributed by atoms with E-state index in [1.54, 1.807) is 0 Å². The van der Waals surface area contributed by atoms with Gasteiger partial charge in [0.2, 0.25) is 0 Å². The number of imidazole rings is 2. The molecule has 6 aromatic rings. The third-order valence-electron chi connectivity index (χ3n) is 5.85. The molecule has 152 valence electrons. The van der Waals surface area contributed by atoms with Gasteiger partial charge in [-0.25, -0.2) is 9.97 Å². The summed E-state index contributed by atoms with van der Waals surface area (Å²) in [5.41, 5.74) is 5.63. The van der Waals surface area contributed by atoms with Crippen molar-refractivity contribution in [3.05, 3.63) is 72.4 Å². The maximum Gasteiger partial charge on any atom is 0.109 e. The molecule has 0 aliphatic rings. The summed E-state index contributed by atoms with van der Waals surface area (Å²) in [6.07, 6.45) is 1.90. The van der Waals surface area contributed by atoms with E-state index < -0.39 is 0 Å². The van der Waals surface area contributed by atoms with E-state index in [9.17, 15) is 0 Å². The van der Waals surface area contributed by atoms with Gasteiger partial charge in [-0.1, -0.05) is 44.2 Å². The van der Waals surface area contributed by atoms with Gasteiger partial charge in [-0.15, -0.1) is 11.3 Å². The lowest BCUT2D eigenvalue weighted by Gasteiger charge is -2.02. The second-order valence-electron chi connectivity index (χ2n) is 8.42. The summed E-state index contributed by atoms with van der Waals surface area (Å²) < 4.78 is 1.28. The Morgan fingerprint density at radius 1 is 0.871 bits per heavy atom. The standard InChI is InChI=1S/C26H22N4S/c1-14(2)26-29-21-9-7-16-10-18(6-8-20(16)25(21)30-26)24-12-19-5-4-17(11-23(19)31-24)22-13-27-15(3)28-22/h4-14H,1-3H3,(H,27,28)(H,29,30). The Morgan fingerprint density at radius 3 is 2.52 bits per heavy atom. The molecule has 0 radical (unpaired) electrons. The van der Waals surface area contributed by atoms with Crippen LogP contribution in [0.5, 0.6) is 0 Å². The Bertz CT molecular complexity index is 1580. The number of benzene rings is 3. The van der Waals surface area contributed by atoms with Crippen LogP contribution in [0.1, 0.15) is 31.4 Å². The predicted molar refractivity (Wildman–Crippen MR) is 131 cm³/mol. The van der Waals surface area contributed by atoms with Crippen LogP contribution in [0.15, 0.2) is 60.8 Å². The Morgan fingerprint density at radius 2 is 1.71 bits per heavy atom. The average molecular weight is 423 g/mol. The molecular weight excluding hydrogens is 400 g/mol. The highest BCUT2D eigenvalue weighted by Crippen LogP contribution is 2.37. The summed E-state index contributed by atoms with van der Waals surface area (Å²) in [5, 5.41) is 3.68. The van der Waals surface area contributed by atoms with Gasteiger partial charge in [0.05, 0.1) is 22.9 Å². The molecule has 0 aliphatic heterocycles. The topological polar surface area (TPSA) is 57.4 Å². The van der Waals surface area contributed by atoms with Crippen molar-refractivity contribution >= 4 is 43.2 Å². The Labute approximate surface area is 184 Å². The van der Waals surface area contributed by atoms with Gasteiger partial charge >= 0.3 is 0 Å². The number of aromatic amines is 2. The van der Waals surface area contributed by atoms with Crippen LogP contribution < -0.4 is 0 Å². The monoisotopic (exact) mass is 422 g/mol. The van der Waals surface area contributed by atoms with Gasteiger partial charge in [-0.05, 0) is 47.5 Å². The fourth-order valence-corrected chi connectivity index (χ4v) is 5.25. The molecule has 0 saturated heterocycles. The summed E-state index contributed by atoms with van der Waals surface area (Å²) in [7, 11) is 0. The molecule has 31 heavy (non-hydrogen) atoms. The Kier molecular flexibility index (Phi) is 4.02. The summed E-state index contributed by atoms with van der Waals surface area (Å²) >= 11 is 1.83. The zero-order valence-corrected chi connectivity index (χ0v) is 18.5. The SMILES string of the molecule is Cc1ncc(-c2ccc3cc(-c4ccc5c(ccc6[nH]c(C(C)C)nc65)c4)sc3c2)[nH]1. The smallest absolute Gasteiger partial charge is 0.109 e. The number of hydrogen-bond donors (Lipinski definition) is 2. The first-order valence-electron chi connectivity index (χ1n) is 10.5. The highest BCUT2D eigenvalue weighted by atomic mass is 32.1. The van der Waals surface area contributed by atoms with Crippen molar-refractivity contribution in [2.45, 2.75) is 26.7 Å². The number of aryl methyl sites for hydroxylation is 1. The maximum atomic E-state index is 4.86. The van der Waals surface area contributed by atoms with E-state index in [-0.39, 0.29) is 0 Å². The number of aromatic nitrogens is 4. The molecule has 0 saturated carbocycles. The molecule has 2 N–H and O–H groups in total. The van der Waals surface area contributed by atoms with Crippen LogP contribution in [-0.2, 0) is 0 Å². The molecule has 3 aromatic carbocycles.